The molecule has 1 saturated heterocycles. The number of esters is 1. The number of nitrogens with zero attached hydrogens (tertiary/aromatic N) is 2. The van der Waals surface area contributed by atoms with Crippen LogP contribution in [0, 0.1) is 21.8 Å². The van der Waals surface area contributed by atoms with Gasteiger partial charge in [0, 0.05) is 19.2 Å². The summed E-state index contributed by atoms with van der Waals surface area (Å²) in [6.07, 6.45) is 0.892. The topological polar surface area (TPSA) is 102 Å². The van der Waals surface area contributed by atoms with Crippen LogP contribution < -0.4 is 5.32 Å². The standard InChI is InChI=1S/C25H30FN3O5/c1-17(2)34-24(30)14-22(21-10-3-4-11-23(21)29(32)33)27-25(31)19-8-6-12-28(16-19)15-18-7-5-9-20(26)13-18/h3-5,7,9-11,13,17,19,22H,6,8,12,14-16H2,1-2H3,(H,27,31). The molecule has 2 aromatic rings. The Kier molecular flexibility index (Phi) is 8.70. The molecular formula is C25H30FN3O5. The second-order valence-corrected chi connectivity index (χ2v) is 8.82. The molecule has 3 rings (SSSR count). The van der Waals surface area contributed by atoms with Gasteiger partial charge in [-0.15, -0.1) is 0 Å². The molecule has 2 aromatic carbocycles. The lowest BCUT2D eigenvalue weighted by molar-refractivity contribution is -0.385. The predicted molar refractivity (Wildman–Crippen MR) is 124 cm³/mol. The number of carbonyl (C=O) groups is 2. The van der Waals surface area contributed by atoms with E-state index in [0.717, 1.165) is 18.5 Å². The molecule has 182 valence electrons. The van der Waals surface area contributed by atoms with E-state index >= 15 is 0 Å². The molecule has 1 aliphatic heterocycles. The Morgan fingerprint density at radius 2 is 2.00 bits per heavy atom. The van der Waals surface area contributed by atoms with Crippen LogP contribution in [0.5, 0.6) is 0 Å². The summed E-state index contributed by atoms with van der Waals surface area (Å²) in [5, 5.41) is 14.4. The summed E-state index contributed by atoms with van der Waals surface area (Å²) in [5.41, 5.74) is 0.922. The molecule has 2 atom stereocenters. The fraction of sp³-hybridized carbons (Fsp3) is 0.440. The van der Waals surface area contributed by atoms with E-state index in [-0.39, 0.29) is 41.4 Å². The number of nitro benzene ring substituents is 1. The fourth-order valence-electron chi connectivity index (χ4n) is 4.26. The van der Waals surface area contributed by atoms with Crippen molar-refractivity contribution in [1.82, 2.24) is 10.2 Å². The number of halogens is 1. The zero-order valence-electron chi connectivity index (χ0n) is 19.4. The maximum atomic E-state index is 13.5. The molecule has 8 nitrogen and oxygen atoms in total. The zero-order chi connectivity index (χ0) is 24.7. The number of amides is 1. The Balaban J connectivity index is 1.74. The first-order valence-electron chi connectivity index (χ1n) is 11.4. The van der Waals surface area contributed by atoms with Gasteiger partial charge in [-0.1, -0.05) is 30.3 Å². The van der Waals surface area contributed by atoms with Crippen LogP contribution >= 0.6 is 0 Å². The molecule has 1 heterocycles. The zero-order valence-corrected chi connectivity index (χ0v) is 19.4. The average Bonchev–Trinajstić information content (AvgIpc) is 2.78. The van der Waals surface area contributed by atoms with Gasteiger partial charge in [-0.05, 0) is 50.9 Å². The molecule has 0 radical (unpaired) electrons. The highest BCUT2D eigenvalue weighted by atomic mass is 19.1. The van der Waals surface area contributed by atoms with Gasteiger partial charge in [-0.2, -0.15) is 0 Å². The summed E-state index contributed by atoms with van der Waals surface area (Å²) in [7, 11) is 0. The minimum absolute atomic E-state index is 0.165. The van der Waals surface area contributed by atoms with Crippen LogP contribution in [0.15, 0.2) is 48.5 Å². The van der Waals surface area contributed by atoms with E-state index in [1.54, 1.807) is 38.1 Å². The summed E-state index contributed by atoms with van der Waals surface area (Å²) < 4.78 is 18.8. The molecule has 2 unspecified atom stereocenters. The molecule has 34 heavy (non-hydrogen) atoms. The van der Waals surface area contributed by atoms with Crippen LogP contribution in [0.2, 0.25) is 0 Å². The van der Waals surface area contributed by atoms with Gasteiger partial charge < -0.3 is 10.1 Å². The van der Waals surface area contributed by atoms with Crippen molar-refractivity contribution in [2.45, 2.75) is 51.8 Å². The second kappa shape index (κ2) is 11.7. The van der Waals surface area contributed by atoms with E-state index in [1.165, 1.54) is 18.2 Å². The number of likely N-dealkylation sites (tertiary alicyclic amines) is 1. The van der Waals surface area contributed by atoms with Crippen LogP contribution in [-0.2, 0) is 20.9 Å². The van der Waals surface area contributed by atoms with E-state index in [4.69, 9.17) is 4.74 Å². The highest BCUT2D eigenvalue weighted by molar-refractivity contribution is 5.81. The highest BCUT2D eigenvalue weighted by Crippen LogP contribution is 2.29. The van der Waals surface area contributed by atoms with E-state index in [9.17, 15) is 24.1 Å². The van der Waals surface area contributed by atoms with Crippen LogP contribution in [0.4, 0.5) is 10.1 Å². The Bertz CT molecular complexity index is 1030. The van der Waals surface area contributed by atoms with Crippen LogP contribution in [0.1, 0.15) is 50.3 Å². The fourth-order valence-corrected chi connectivity index (χ4v) is 4.26. The summed E-state index contributed by atoms with van der Waals surface area (Å²) in [6, 6.07) is 11.6. The Morgan fingerprint density at radius 1 is 1.24 bits per heavy atom. The lowest BCUT2D eigenvalue weighted by Crippen LogP contribution is -2.44. The molecule has 1 amide bonds. The van der Waals surface area contributed by atoms with E-state index in [2.05, 4.69) is 10.2 Å². The number of hydrogen-bond acceptors (Lipinski definition) is 6. The van der Waals surface area contributed by atoms with Crippen molar-refractivity contribution >= 4 is 17.6 Å². The van der Waals surface area contributed by atoms with Gasteiger partial charge in [0.25, 0.3) is 5.69 Å². The number of ether oxygens (including phenoxy) is 1. The number of benzene rings is 2. The van der Waals surface area contributed by atoms with Gasteiger partial charge in [-0.3, -0.25) is 24.6 Å². The number of rotatable bonds is 9. The Hall–Kier alpha value is -3.33. The first-order valence-corrected chi connectivity index (χ1v) is 11.4. The monoisotopic (exact) mass is 471 g/mol. The largest absolute Gasteiger partial charge is 0.463 e. The molecule has 0 aromatic heterocycles. The number of nitrogens with one attached hydrogen (secondary N) is 1. The number of nitro groups is 1. The number of carbonyl (C=O) groups excluding carboxylic acids is 2. The SMILES string of the molecule is CC(C)OC(=O)CC(NC(=O)C1CCCN(Cc2cccc(F)c2)C1)c1ccccc1[N+](=O)[O-]. The quantitative estimate of drug-likeness (QED) is 0.335. The van der Waals surface area contributed by atoms with Gasteiger partial charge in [0.05, 0.1) is 35.0 Å². The van der Waals surface area contributed by atoms with Gasteiger partial charge in [0.1, 0.15) is 5.82 Å². The van der Waals surface area contributed by atoms with Crippen LogP contribution in [-0.4, -0.2) is 40.9 Å². The first kappa shape index (κ1) is 25.3. The molecular weight excluding hydrogens is 441 g/mol. The third-order valence-electron chi connectivity index (χ3n) is 5.73. The second-order valence-electron chi connectivity index (χ2n) is 8.82. The number of piperidine rings is 1. The van der Waals surface area contributed by atoms with Crippen molar-refractivity contribution in [3.8, 4) is 0 Å². The normalized spacial score (nSPS) is 17.2. The smallest absolute Gasteiger partial charge is 0.308 e. The van der Waals surface area contributed by atoms with Crippen molar-refractivity contribution in [2.24, 2.45) is 5.92 Å². The summed E-state index contributed by atoms with van der Waals surface area (Å²) in [5.74, 6) is -1.47. The maximum absolute atomic E-state index is 13.5. The minimum atomic E-state index is -0.890. The van der Waals surface area contributed by atoms with E-state index in [0.29, 0.717) is 19.5 Å². The van der Waals surface area contributed by atoms with Crippen molar-refractivity contribution < 1.29 is 23.6 Å². The third kappa shape index (κ3) is 7.08. The van der Waals surface area contributed by atoms with E-state index < -0.39 is 16.9 Å². The van der Waals surface area contributed by atoms with Crippen molar-refractivity contribution in [1.29, 1.82) is 0 Å². The maximum Gasteiger partial charge on any atom is 0.308 e. The van der Waals surface area contributed by atoms with Gasteiger partial charge >= 0.3 is 5.97 Å². The lowest BCUT2D eigenvalue weighted by atomic mass is 9.95. The molecule has 0 spiro atoms. The van der Waals surface area contributed by atoms with Gasteiger partial charge in [-0.25, -0.2) is 4.39 Å². The minimum Gasteiger partial charge on any atom is -0.463 e. The molecule has 1 N–H and O–H groups in total. The van der Waals surface area contributed by atoms with Gasteiger partial charge in [0.15, 0.2) is 0 Å². The Labute approximate surface area is 198 Å². The highest BCUT2D eigenvalue weighted by Gasteiger charge is 2.31. The number of hydrogen-bond donors (Lipinski definition) is 1. The molecule has 1 aliphatic rings. The number of para-hydroxylation sites is 1. The predicted octanol–water partition coefficient (Wildman–Crippen LogP) is 4.15. The molecule has 1 fully saturated rings. The molecule has 0 bridgehead atoms. The summed E-state index contributed by atoms with van der Waals surface area (Å²) in [4.78, 5) is 38.7. The lowest BCUT2D eigenvalue weighted by Gasteiger charge is -2.33. The van der Waals surface area contributed by atoms with E-state index in [1.807, 2.05) is 6.07 Å². The van der Waals surface area contributed by atoms with Crippen LogP contribution in [0.25, 0.3) is 0 Å². The molecule has 0 saturated carbocycles. The average molecular weight is 472 g/mol. The summed E-state index contributed by atoms with van der Waals surface area (Å²) in [6.45, 7) is 5.21. The van der Waals surface area contributed by atoms with Crippen LogP contribution in [0.3, 0.4) is 0 Å². The third-order valence-corrected chi connectivity index (χ3v) is 5.73. The molecule has 9 heteroatoms. The first-order chi connectivity index (χ1) is 16.2. The van der Waals surface area contributed by atoms with Crippen molar-refractivity contribution in [3.05, 3.63) is 75.6 Å². The summed E-state index contributed by atoms with van der Waals surface area (Å²) >= 11 is 0. The Morgan fingerprint density at radius 3 is 2.71 bits per heavy atom. The van der Waals surface area contributed by atoms with Crippen molar-refractivity contribution in [3.63, 3.8) is 0 Å². The van der Waals surface area contributed by atoms with Gasteiger partial charge in [0.2, 0.25) is 5.91 Å². The van der Waals surface area contributed by atoms with Crippen molar-refractivity contribution in [2.75, 3.05) is 13.1 Å². The molecule has 0 aliphatic carbocycles.